The summed E-state index contributed by atoms with van der Waals surface area (Å²) >= 11 is 0. The Bertz CT molecular complexity index is 876. The molecule has 1 aromatic rings. The van der Waals surface area contributed by atoms with Crippen molar-refractivity contribution < 1.29 is 19.4 Å². The predicted octanol–water partition coefficient (Wildman–Crippen LogP) is 4.10. The van der Waals surface area contributed by atoms with Crippen molar-refractivity contribution in [3.05, 3.63) is 23.4 Å². The molecule has 0 radical (unpaired) electrons. The SMILES string of the molecule is O=C(O)[C@H](CCOC1CC(CCc2ccc3c(n2)NCCC3)C1)NC(=O)C12CCC(CC1)CC2. The fourth-order valence-electron chi connectivity index (χ4n) is 6.42. The lowest BCUT2D eigenvalue weighted by molar-refractivity contribution is -0.147. The maximum atomic E-state index is 12.9. The van der Waals surface area contributed by atoms with Gasteiger partial charge in [0.25, 0.3) is 0 Å². The number of nitrogens with one attached hydrogen (secondary N) is 2. The largest absolute Gasteiger partial charge is 0.480 e. The van der Waals surface area contributed by atoms with Crippen LogP contribution in [-0.2, 0) is 27.2 Å². The smallest absolute Gasteiger partial charge is 0.326 e. The second-order valence-corrected chi connectivity index (χ2v) is 11.1. The number of aliphatic carboxylic acids is 1. The van der Waals surface area contributed by atoms with Crippen LogP contribution in [0.2, 0.25) is 0 Å². The molecule has 6 rings (SSSR count). The van der Waals surface area contributed by atoms with E-state index in [4.69, 9.17) is 9.72 Å². The van der Waals surface area contributed by atoms with Gasteiger partial charge in [-0.1, -0.05) is 6.07 Å². The molecule has 0 aromatic carbocycles. The van der Waals surface area contributed by atoms with Crippen LogP contribution in [0.4, 0.5) is 5.82 Å². The minimum atomic E-state index is -0.962. The third-order valence-electron chi connectivity index (χ3n) is 8.89. The first kappa shape index (κ1) is 23.6. The van der Waals surface area contributed by atoms with Crippen molar-refractivity contribution in [1.82, 2.24) is 10.3 Å². The number of hydrogen-bond acceptors (Lipinski definition) is 5. The third kappa shape index (κ3) is 5.24. The first-order valence-electron chi connectivity index (χ1n) is 13.4. The summed E-state index contributed by atoms with van der Waals surface area (Å²) in [5.74, 6) is 1.47. The molecule has 7 heteroatoms. The first-order valence-corrected chi connectivity index (χ1v) is 13.4. The lowest BCUT2D eigenvalue weighted by Gasteiger charge is -2.45. The molecule has 4 saturated carbocycles. The van der Waals surface area contributed by atoms with Gasteiger partial charge < -0.3 is 20.5 Å². The molecule has 7 nitrogen and oxygen atoms in total. The summed E-state index contributed by atoms with van der Waals surface area (Å²) in [5, 5.41) is 15.9. The van der Waals surface area contributed by atoms with E-state index < -0.39 is 12.0 Å². The molecule has 2 bridgehead atoms. The maximum absolute atomic E-state index is 12.9. The lowest BCUT2D eigenvalue weighted by Crippen LogP contribution is -2.52. The number of carbonyl (C=O) groups excluding carboxylic acids is 1. The van der Waals surface area contributed by atoms with Gasteiger partial charge >= 0.3 is 5.97 Å². The summed E-state index contributed by atoms with van der Waals surface area (Å²) in [6.45, 7) is 1.39. The number of amides is 1. The number of carbonyl (C=O) groups is 2. The van der Waals surface area contributed by atoms with Crippen LogP contribution in [0, 0.1) is 17.3 Å². The molecule has 5 aliphatic rings. The number of ether oxygens (including phenoxy) is 1. The van der Waals surface area contributed by atoms with Crippen molar-refractivity contribution in [3.63, 3.8) is 0 Å². The third-order valence-corrected chi connectivity index (χ3v) is 8.89. The van der Waals surface area contributed by atoms with Crippen molar-refractivity contribution in [3.8, 4) is 0 Å². The maximum Gasteiger partial charge on any atom is 0.326 e. The molecule has 186 valence electrons. The molecule has 1 aromatic heterocycles. The number of aryl methyl sites for hydroxylation is 2. The Morgan fingerprint density at radius 3 is 2.71 bits per heavy atom. The van der Waals surface area contributed by atoms with Crippen molar-refractivity contribution in [2.75, 3.05) is 18.5 Å². The molecule has 3 N–H and O–H groups in total. The van der Waals surface area contributed by atoms with Gasteiger partial charge in [0.05, 0.1) is 6.10 Å². The summed E-state index contributed by atoms with van der Waals surface area (Å²) in [6, 6.07) is 3.52. The number of hydrogen-bond donors (Lipinski definition) is 3. The fraction of sp³-hybridized carbons (Fsp3) is 0.741. The Morgan fingerprint density at radius 1 is 1.21 bits per heavy atom. The number of nitrogens with zero attached hydrogens (tertiary/aromatic N) is 1. The van der Waals surface area contributed by atoms with Crippen molar-refractivity contribution in [2.24, 2.45) is 17.3 Å². The van der Waals surface area contributed by atoms with E-state index in [1.165, 1.54) is 12.0 Å². The Labute approximate surface area is 202 Å². The minimum Gasteiger partial charge on any atom is -0.480 e. The van der Waals surface area contributed by atoms with Gasteiger partial charge in [0, 0.05) is 30.7 Å². The van der Waals surface area contributed by atoms with Gasteiger partial charge in [0.1, 0.15) is 11.9 Å². The zero-order valence-electron chi connectivity index (χ0n) is 20.2. The molecule has 1 amide bonds. The van der Waals surface area contributed by atoms with E-state index in [0.29, 0.717) is 18.9 Å². The molecular formula is C27H39N3O4. The number of anilines is 1. The molecular weight excluding hydrogens is 430 g/mol. The number of rotatable bonds is 10. The Balaban J connectivity index is 1.00. The average Bonchev–Trinajstić information content (AvgIpc) is 2.84. The second-order valence-electron chi connectivity index (χ2n) is 11.1. The van der Waals surface area contributed by atoms with Crippen molar-refractivity contribution in [1.29, 1.82) is 0 Å². The molecule has 4 aliphatic carbocycles. The van der Waals surface area contributed by atoms with Crippen LogP contribution in [-0.4, -0.2) is 47.3 Å². The predicted molar refractivity (Wildman–Crippen MR) is 130 cm³/mol. The highest BCUT2D eigenvalue weighted by Gasteiger charge is 2.46. The van der Waals surface area contributed by atoms with Gasteiger partial charge in [-0.3, -0.25) is 4.79 Å². The topological polar surface area (TPSA) is 101 Å². The minimum absolute atomic E-state index is 0.0484. The molecule has 4 fully saturated rings. The zero-order valence-corrected chi connectivity index (χ0v) is 20.2. The second kappa shape index (κ2) is 10.2. The molecule has 2 heterocycles. The summed E-state index contributed by atoms with van der Waals surface area (Å²) in [6.07, 6.45) is 13.0. The van der Waals surface area contributed by atoms with Crippen LogP contribution in [0.1, 0.15) is 81.9 Å². The van der Waals surface area contributed by atoms with E-state index >= 15 is 0 Å². The normalized spacial score (nSPS) is 30.5. The van der Waals surface area contributed by atoms with Crippen molar-refractivity contribution >= 4 is 17.7 Å². The van der Waals surface area contributed by atoms with Gasteiger partial charge in [-0.2, -0.15) is 0 Å². The van der Waals surface area contributed by atoms with E-state index in [2.05, 4.69) is 22.8 Å². The zero-order chi connectivity index (χ0) is 23.5. The lowest BCUT2D eigenvalue weighted by atomic mass is 9.60. The number of carboxylic acids is 1. The van der Waals surface area contributed by atoms with Crippen LogP contribution in [0.25, 0.3) is 0 Å². The van der Waals surface area contributed by atoms with Crippen molar-refractivity contribution in [2.45, 2.75) is 95.6 Å². The molecule has 0 saturated heterocycles. The van der Waals surface area contributed by atoms with Gasteiger partial charge in [0.2, 0.25) is 5.91 Å². The van der Waals surface area contributed by atoms with Crippen LogP contribution >= 0.6 is 0 Å². The first-order chi connectivity index (χ1) is 16.5. The fourth-order valence-corrected chi connectivity index (χ4v) is 6.42. The number of pyridine rings is 1. The Morgan fingerprint density at radius 2 is 1.97 bits per heavy atom. The van der Waals surface area contributed by atoms with E-state index in [0.717, 1.165) is 94.6 Å². The molecule has 0 unspecified atom stereocenters. The number of fused-ring (bicyclic) bond motifs is 4. The van der Waals surface area contributed by atoms with E-state index in [1.54, 1.807) is 0 Å². The highest BCUT2D eigenvalue weighted by molar-refractivity contribution is 5.87. The van der Waals surface area contributed by atoms with Gasteiger partial charge in [-0.25, -0.2) is 9.78 Å². The number of aromatic nitrogens is 1. The standard InChI is InChI=1S/C27H39N3O4/c31-25(32)23(30-26(33)27-11-7-18(8-12-27)9-13-27)10-15-34-22-16-19(17-22)3-5-21-6-4-20-2-1-14-28-24(20)29-21/h4,6,18-19,22-23H,1-3,5,7-17H2,(H,28,29)(H,30,33)(H,31,32)/t18?,19?,22?,23-,27?/m0/s1. The van der Waals surface area contributed by atoms with Gasteiger partial charge in [-0.15, -0.1) is 0 Å². The van der Waals surface area contributed by atoms with E-state index in [1.807, 2.05) is 0 Å². The van der Waals surface area contributed by atoms with Crippen LogP contribution in [0.5, 0.6) is 0 Å². The summed E-state index contributed by atoms with van der Waals surface area (Å²) < 4.78 is 5.96. The van der Waals surface area contributed by atoms with Gasteiger partial charge in [-0.05, 0) is 101 Å². The number of carboxylic acid groups (broad SMARTS) is 1. The summed E-state index contributed by atoms with van der Waals surface area (Å²) in [4.78, 5) is 29.5. The molecule has 1 atom stereocenters. The van der Waals surface area contributed by atoms with E-state index in [-0.39, 0.29) is 17.4 Å². The highest BCUT2D eigenvalue weighted by Crippen LogP contribution is 2.50. The Hall–Kier alpha value is -2.15. The Kier molecular flexibility index (Phi) is 7.09. The summed E-state index contributed by atoms with van der Waals surface area (Å²) in [5.41, 5.74) is 2.16. The quantitative estimate of drug-likeness (QED) is 0.477. The molecule has 34 heavy (non-hydrogen) atoms. The van der Waals surface area contributed by atoms with Gasteiger partial charge in [0.15, 0.2) is 0 Å². The summed E-state index contributed by atoms with van der Waals surface area (Å²) in [7, 11) is 0. The monoisotopic (exact) mass is 469 g/mol. The van der Waals surface area contributed by atoms with Crippen LogP contribution in [0.15, 0.2) is 12.1 Å². The van der Waals surface area contributed by atoms with Crippen LogP contribution < -0.4 is 10.6 Å². The van der Waals surface area contributed by atoms with Crippen LogP contribution in [0.3, 0.4) is 0 Å². The highest BCUT2D eigenvalue weighted by atomic mass is 16.5. The molecule has 1 aliphatic heterocycles. The molecule has 0 spiro atoms. The average molecular weight is 470 g/mol. The van der Waals surface area contributed by atoms with E-state index in [9.17, 15) is 14.7 Å².